The van der Waals surface area contributed by atoms with Gasteiger partial charge in [0.15, 0.2) is 0 Å². The predicted octanol–water partition coefficient (Wildman–Crippen LogP) is 2.79. The lowest BCUT2D eigenvalue weighted by Crippen LogP contribution is -2.31. The molecule has 3 heterocycles. The lowest BCUT2D eigenvalue weighted by atomic mass is 10.1. The highest BCUT2D eigenvalue weighted by molar-refractivity contribution is 7.99. The average Bonchev–Trinajstić information content (AvgIpc) is 3.13. The summed E-state index contributed by atoms with van der Waals surface area (Å²) in [4.78, 5) is 18.9. The zero-order valence-electron chi connectivity index (χ0n) is 14.6. The van der Waals surface area contributed by atoms with Crippen molar-refractivity contribution in [2.24, 2.45) is 5.92 Å². The van der Waals surface area contributed by atoms with E-state index in [9.17, 15) is 4.79 Å². The Balaban J connectivity index is 0.00000156. The molecule has 140 valence electrons. The Labute approximate surface area is 165 Å². The van der Waals surface area contributed by atoms with Crippen LogP contribution >= 0.6 is 36.6 Å². The lowest BCUT2D eigenvalue weighted by Gasteiger charge is -2.16. The molecule has 1 aliphatic rings. The van der Waals surface area contributed by atoms with Gasteiger partial charge in [0, 0.05) is 31.2 Å². The van der Waals surface area contributed by atoms with Crippen molar-refractivity contribution in [2.75, 3.05) is 32.4 Å². The number of nitrogens with zero attached hydrogens (tertiary/aromatic N) is 3. The molecule has 1 fully saturated rings. The maximum Gasteiger partial charge on any atom is 0.232 e. The van der Waals surface area contributed by atoms with E-state index in [1.165, 1.54) is 5.56 Å². The van der Waals surface area contributed by atoms with Gasteiger partial charge >= 0.3 is 0 Å². The smallest absolute Gasteiger partial charge is 0.232 e. The minimum absolute atomic E-state index is 0. The van der Waals surface area contributed by atoms with E-state index < -0.39 is 0 Å². The molecule has 25 heavy (non-hydrogen) atoms. The van der Waals surface area contributed by atoms with Crippen LogP contribution in [0.3, 0.4) is 0 Å². The van der Waals surface area contributed by atoms with Gasteiger partial charge < -0.3 is 14.6 Å². The molecule has 3 rings (SSSR count). The Morgan fingerprint density at radius 2 is 2.16 bits per heavy atom. The van der Waals surface area contributed by atoms with Gasteiger partial charge in [-0.25, -0.2) is 4.98 Å². The van der Waals surface area contributed by atoms with Crippen molar-refractivity contribution in [1.29, 1.82) is 0 Å². The van der Waals surface area contributed by atoms with Gasteiger partial charge in [-0.15, -0.1) is 36.6 Å². The number of likely N-dealkylation sites (tertiary alicyclic amines) is 1. The quantitative estimate of drug-likeness (QED) is 0.803. The summed E-state index contributed by atoms with van der Waals surface area (Å²) in [6.07, 6.45) is 5.25. The van der Waals surface area contributed by atoms with Crippen LogP contribution < -0.4 is 5.32 Å². The molecule has 1 atom stereocenters. The van der Waals surface area contributed by atoms with E-state index in [4.69, 9.17) is 0 Å². The van der Waals surface area contributed by atoms with E-state index in [2.05, 4.69) is 40.1 Å². The molecule has 0 bridgehead atoms. The van der Waals surface area contributed by atoms with Gasteiger partial charge in [0.1, 0.15) is 5.65 Å². The molecule has 2 aromatic heterocycles. The van der Waals surface area contributed by atoms with Gasteiger partial charge in [0.05, 0.1) is 11.4 Å². The molecule has 1 N–H and O–H groups in total. The number of hydrogen-bond acceptors (Lipinski definition) is 4. The minimum atomic E-state index is 0. The summed E-state index contributed by atoms with van der Waals surface area (Å²) in [6.45, 7) is 4.87. The van der Waals surface area contributed by atoms with Gasteiger partial charge in [0.25, 0.3) is 0 Å². The van der Waals surface area contributed by atoms with Crippen LogP contribution in [0.5, 0.6) is 0 Å². The Hall–Kier alpha value is -0.950. The van der Waals surface area contributed by atoms with Gasteiger partial charge in [-0.1, -0.05) is 6.07 Å². The van der Waals surface area contributed by atoms with E-state index in [0.717, 1.165) is 43.1 Å². The van der Waals surface area contributed by atoms with Crippen LogP contribution in [-0.4, -0.2) is 52.6 Å². The monoisotopic (exact) mass is 404 g/mol. The van der Waals surface area contributed by atoms with Gasteiger partial charge in [-0.05, 0) is 44.5 Å². The molecule has 1 amide bonds. The van der Waals surface area contributed by atoms with Crippen LogP contribution in [0.4, 0.5) is 0 Å². The molecule has 1 saturated heterocycles. The highest BCUT2D eigenvalue weighted by Crippen LogP contribution is 2.18. The number of halogens is 2. The molecule has 0 aliphatic carbocycles. The van der Waals surface area contributed by atoms with Crippen LogP contribution in [0.2, 0.25) is 0 Å². The highest BCUT2D eigenvalue weighted by atomic mass is 35.5. The largest absolute Gasteiger partial charge is 0.342 e. The number of thioether (sulfide) groups is 1. The van der Waals surface area contributed by atoms with E-state index in [0.29, 0.717) is 11.7 Å². The van der Waals surface area contributed by atoms with Gasteiger partial charge in [-0.2, -0.15) is 0 Å². The third kappa shape index (κ3) is 5.78. The van der Waals surface area contributed by atoms with Crippen molar-refractivity contribution < 1.29 is 4.79 Å². The van der Waals surface area contributed by atoms with Crippen LogP contribution in [-0.2, 0) is 10.5 Å². The van der Waals surface area contributed by atoms with E-state index in [1.54, 1.807) is 11.8 Å². The minimum Gasteiger partial charge on any atom is -0.342 e. The summed E-state index contributed by atoms with van der Waals surface area (Å²) in [7, 11) is 1.97. The molecule has 1 aliphatic heterocycles. The van der Waals surface area contributed by atoms with E-state index in [-0.39, 0.29) is 30.7 Å². The number of fused-ring (bicyclic) bond motifs is 1. The molecule has 0 aromatic carbocycles. The van der Waals surface area contributed by atoms with Crippen molar-refractivity contribution >= 4 is 48.1 Å². The number of rotatable bonds is 6. The molecule has 2 aromatic rings. The van der Waals surface area contributed by atoms with Crippen LogP contribution in [0.15, 0.2) is 24.5 Å². The Kier molecular flexibility index (Phi) is 9.07. The van der Waals surface area contributed by atoms with Crippen molar-refractivity contribution in [2.45, 2.75) is 19.1 Å². The predicted molar refractivity (Wildman–Crippen MR) is 109 cm³/mol. The number of pyridine rings is 1. The summed E-state index contributed by atoms with van der Waals surface area (Å²) in [5.41, 5.74) is 3.21. The van der Waals surface area contributed by atoms with E-state index >= 15 is 0 Å². The zero-order valence-corrected chi connectivity index (χ0v) is 17.1. The fraction of sp³-hybridized carbons (Fsp3) is 0.529. The molecule has 0 spiro atoms. The number of amides is 1. The first kappa shape index (κ1) is 22.1. The fourth-order valence-electron chi connectivity index (χ4n) is 3.07. The first-order valence-electron chi connectivity index (χ1n) is 8.10. The summed E-state index contributed by atoms with van der Waals surface area (Å²) in [6, 6.07) is 4.10. The average molecular weight is 405 g/mol. The second kappa shape index (κ2) is 10.3. The topological polar surface area (TPSA) is 49.6 Å². The van der Waals surface area contributed by atoms with Crippen LogP contribution in [0.1, 0.15) is 17.7 Å². The second-order valence-corrected chi connectivity index (χ2v) is 7.23. The van der Waals surface area contributed by atoms with Crippen molar-refractivity contribution in [3.05, 3.63) is 35.8 Å². The fourth-order valence-corrected chi connectivity index (χ4v) is 3.88. The molecule has 5 nitrogen and oxygen atoms in total. The summed E-state index contributed by atoms with van der Waals surface area (Å²) in [5.74, 6) is 2.18. The first-order chi connectivity index (χ1) is 11.2. The number of imidazole rings is 1. The van der Waals surface area contributed by atoms with Gasteiger partial charge in [-0.3, -0.25) is 4.79 Å². The summed E-state index contributed by atoms with van der Waals surface area (Å²) in [5, 5.41) is 3.20. The molecule has 1 unspecified atom stereocenters. The third-order valence-electron chi connectivity index (χ3n) is 4.26. The van der Waals surface area contributed by atoms with Gasteiger partial charge in [0.2, 0.25) is 5.91 Å². The van der Waals surface area contributed by atoms with Crippen LogP contribution in [0.25, 0.3) is 5.65 Å². The normalized spacial score (nSPS) is 16.6. The molecular formula is C17H26Cl2N4OS. The molecule has 0 saturated carbocycles. The van der Waals surface area contributed by atoms with Crippen molar-refractivity contribution in [1.82, 2.24) is 19.6 Å². The summed E-state index contributed by atoms with van der Waals surface area (Å²) < 4.78 is 2.05. The zero-order chi connectivity index (χ0) is 16.2. The number of hydrogen-bond donors (Lipinski definition) is 1. The highest BCUT2D eigenvalue weighted by Gasteiger charge is 2.25. The number of carbonyl (C=O) groups excluding carboxylic acids is 1. The maximum absolute atomic E-state index is 12.3. The summed E-state index contributed by atoms with van der Waals surface area (Å²) >= 11 is 1.65. The van der Waals surface area contributed by atoms with Crippen molar-refractivity contribution in [3.8, 4) is 0 Å². The molecular weight excluding hydrogens is 379 g/mol. The standard InChI is InChI=1S/C17H24N4OS.2ClH/c1-13-3-4-16-19-15(10-21(16)8-13)11-23-12-17(22)20-6-5-14(9-20)7-18-2;;/h3-4,8,10,14,18H,5-7,9,11-12H2,1-2H3;2*1H. The Morgan fingerprint density at radius 1 is 1.36 bits per heavy atom. The van der Waals surface area contributed by atoms with E-state index in [1.807, 2.05) is 18.0 Å². The third-order valence-corrected chi connectivity index (χ3v) is 5.21. The Bertz CT molecular complexity index is 694. The molecule has 0 radical (unpaired) electrons. The molecule has 8 heteroatoms. The van der Waals surface area contributed by atoms with Crippen molar-refractivity contribution in [3.63, 3.8) is 0 Å². The SMILES string of the molecule is CNCC1CCN(C(=O)CSCc2cn3cc(C)ccc3n2)C1.Cl.Cl. The number of aromatic nitrogens is 2. The van der Waals surface area contributed by atoms with Crippen LogP contribution in [0, 0.1) is 12.8 Å². The maximum atomic E-state index is 12.3. The second-order valence-electron chi connectivity index (χ2n) is 6.25. The first-order valence-corrected chi connectivity index (χ1v) is 9.25. The Morgan fingerprint density at radius 3 is 2.92 bits per heavy atom. The number of carbonyl (C=O) groups is 1. The number of nitrogens with one attached hydrogen (secondary N) is 1. The number of aryl methyl sites for hydroxylation is 1. The lowest BCUT2D eigenvalue weighted by molar-refractivity contribution is -0.127.